The Hall–Kier alpha value is -1.31. The molecule has 69 valence electrons. The van der Waals surface area contributed by atoms with Crippen LogP contribution in [0.1, 0.15) is 6.92 Å². The quantitative estimate of drug-likeness (QED) is 0.693. The maximum Gasteiger partial charge on any atom is 0.123 e. The Kier molecular flexibility index (Phi) is 3.50. The molecule has 0 saturated carbocycles. The fourth-order valence-electron chi connectivity index (χ4n) is 0.959. The van der Waals surface area contributed by atoms with E-state index in [9.17, 15) is 4.39 Å². The van der Waals surface area contributed by atoms with Crippen LogP contribution in [0.2, 0.25) is 0 Å². The molecule has 0 aliphatic heterocycles. The molecule has 0 spiro atoms. The van der Waals surface area contributed by atoms with Crippen LogP contribution in [0.3, 0.4) is 0 Å². The first-order chi connectivity index (χ1) is 6.22. The Morgan fingerprint density at radius 3 is 2.54 bits per heavy atom. The summed E-state index contributed by atoms with van der Waals surface area (Å²) in [6.07, 6.45) is 3.46. The minimum absolute atomic E-state index is 0.0389. The number of allylic oxidation sites excluding steroid dienone is 1. The molecule has 0 fully saturated rings. The monoisotopic (exact) mass is 179 g/mol. The van der Waals surface area contributed by atoms with Crippen molar-refractivity contribution in [1.82, 2.24) is 0 Å². The molecular weight excluding hydrogens is 167 g/mol. The second kappa shape index (κ2) is 4.65. The third-order valence-corrected chi connectivity index (χ3v) is 1.54. The molecule has 0 amide bonds. The van der Waals surface area contributed by atoms with Crippen LogP contribution in [0, 0.1) is 12.7 Å². The van der Waals surface area contributed by atoms with Crippen molar-refractivity contribution < 1.29 is 9.13 Å². The predicted molar refractivity (Wildman–Crippen MR) is 51.0 cm³/mol. The molecular formula is C11H12FO. The van der Waals surface area contributed by atoms with Crippen molar-refractivity contribution in [2.24, 2.45) is 0 Å². The van der Waals surface area contributed by atoms with Crippen LogP contribution < -0.4 is 4.74 Å². The maximum absolute atomic E-state index is 12.5. The van der Waals surface area contributed by atoms with Crippen molar-refractivity contribution >= 4 is 0 Å². The zero-order valence-electron chi connectivity index (χ0n) is 7.53. The largest absolute Gasteiger partial charge is 0.487 e. The lowest BCUT2D eigenvalue weighted by molar-refractivity contribution is 0.269. The zero-order valence-corrected chi connectivity index (χ0v) is 7.53. The molecule has 1 nitrogen and oxygen atoms in total. The molecule has 1 radical (unpaired) electrons. The van der Waals surface area contributed by atoms with Gasteiger partial charge in [0.05, 0.1) is 0 Å². The van der Waals surface area contributed by atoms with Crippen molar-refractivity contribution in [3.8, 4) is 5.75 Å². The summed E-state index contributed by atoms with van der Waals surface area (Å²) >= 11 is 0. The smallest absolute Gasteiger partial charge is 0.123 e. The molecule has 0 bridgehead atoms. The molecule has 0 heterocycles. The average Bonchev–Trinajstić information content (AvgIpc) is 2.09. The highest BCUT2D eigenvalue weighted by atomic mass is 19.1. The van der Waals surface area contributed by atoms with Crippen LogP contribution in [-0.4, -0.2) is 6.10 Å². The van der Waals surface area contributed by atoms with Crippen LogP contribution in [0.25, 0.3) is 0 Å². The first kappa shape index (κ1) is 9.78. The fraction of sp³-hybridized carbons (Fsp3) is 0.182. The number of hydrogen-bond donors (Lipinski definition) is 0. The van der Waals surface area contributed by atoms with E-state index in [0.29, 0.717) is 5.75 Å². The van der Waals surface area contributed by atoms with Gasteiger partial charge in [0, 0.05) is 0 Å². The Balaban J connectivity index is 2.59. The van der Waals surface area contributed by atoms with Crippen LogP contribution in [0.5, 0.6) is 5.75 Å². The van der Waals surface area contributed by atoms with E-state index < -0.39 is 0 Å². The van der Waals surface area contributed by atoms with E-state index in [4.69, 9.17) is 4.74 Å². The van der Waals surface area contributed by atoms with Gasteiger partial charge in [-0.3, -0.25) is 0 Å². The van der Waals surface area contributed by atoms with Gasteiger partial charge in [0.25, 0.3) is 0 Å². The molecule has 1 aromatic carbocycles. The third-order valence-electron chi connectivity index (χ3n) is 1.54. The fourth-order valence-corrected chi connectivity index (χ4v) is 0.959. The molecule has 0 saturated heterocycles. The van der Waals surface area contributed by atoms with E-state index in [0.717, 1.165) is 0 Å². The number of hydrogen-bond acceptors (Lipinski definition) is 1. The van der Waals surface area contributed by atoms with Gasteiger partial charge in [-0.05, 0) is 44.2 Å². The molecule has 0 aromatic heterocycles. The lowest BCUT2D eigenvalue weighted by Gasteiger charge is -2.09. The topological polar surface area (TPSA) is 9.23 Å². The van der Waals surface area contributed by atoms with Crippen molar-refractivity contribution in [3.63, 3.8) is 0 Å². The van der Waals surface area contributed by atoms with Crippen LogP contribution in [0.4, 0.5) is 4.39 Å². The molecule has 2 heteroatoms. The lowest BCUT2D eigenvalue weighted by atomic mass is 10.3. The van der Waals surface area contributed by atoms with Crippen molar-refractivity contribution in [1.29, 1.82) is 0 Å². The Morgan fingerprint density at radius 1 is 1.38 bits per heavy atom. The molecule has 13 heavy (non-hydrogen) atoms. The molecule has 1 aromatic rings. The van der Waals surface area contributed by atoms with Gasteiger partial charge in [-0.1, -0.05) is 6.08 Å². The average molecular weight is 179 g/mol. The summed E-state index contributed by atoms with van der Waals surface area (Å²) in [5, 5.41) is 0. The number of ether oxygens (including phenoxy) is 1. The van der Waals surface area contributed by atoms with E-state index in [2.05, 4.69) is 6.92 Å². The first-order valence-corrected chi connectivity index (χ1v) is 4.10. The minimum atomic E-state index is -0.257. The van der Waals surface area contributed by atoms with E-state index >= 15 is 0 Å². The molecule has 1 rings (SSSR count). The first-order valence-electron chi connectivity index (χ1n) is 4.10. The summed E-state index contributed by atoms with van der Waals surface area (Å²) in [5.41, 5.74) is 0. The van der Waals surface area contributed by atoms with E-state index in [-0.39, 0.29) is 11.9 Å². The molecule has 0 aliphatic carbocycles. The van der Waals surface area contributed by atoms with E-state index in [1.54, 1.807) is 18.2 Å². The minimum Gasteiger partial charge on any atom is -0.487 e. The van der Waals surface area contributed by atoms with Gasteiger partial charge < -0.3 is 4.74 Å². The normalized spacial score (nSPS) is 13.2. The number of benzene rings is 1. The highest BCUT2D eigenvalue weighted by Crippen LogP contribution is 2.13. The number of rotatable bonds is 3. The Labute approximate surface area is 77.8 Å². The summed E-state index contributed by atoms with van der Waals surface area (Å²) in [4.78, 5) is 0. The van der Waals surface area contributed by atoms with Crippen molar-refractivity contribution in [2.75, 3.05) is 0 Å². The Morgan fingerprint density at radius 2 is 2.00 bits per heavy atom. The van der Waals surface area contributed by atoms with Gasteiger partial charge in [-0.2, -0.15) is 0 Å². The van der Waals surface area contributed by atoms with Gasteiger partial charge >= 0.3 is 0 Å². The van der Waals surface area contributed by atoms with Crippen LogP contribution in [-0.2, 0) is 0 Å². The summed E-state index contributed by atoms with van der Waals surface area (Å²) in [6.45, 7) is 5.45. The molecule has 1 unspecified atom stereocenters. The Bertz CT molecular complexity index is 277. The van der Waals surface area contributed by atoms with Gasteiger partial charge in [0.1, 0.15) is 17.7 Å². The van der Waals surface area contributed by atoms with Gasteiger partial charge in [0.15, 0.2) is 0 Å². The number of halogens is 1. The van der Waals surface area contributed by atoms with Gasteiger partial charge in [-0.25, -0.2) is 4.39 Å². The standard InChI is InChI=1S/C11H12FO/c1-3-4-9(2)13-11-7-5-10(12)6-8-11/h3-9H,1H2,2H3. The van der Waals surface area contributed by atoms with E-state index in [1.165, 1.54) is 12.1 Å². The summed E-state index contributed by atoms with van der Waals surface area (Å²) in [5.74, 6) is 0.403. The maximum atomic E-state index is 12.5. The summed E-state index contributed by atoms with van der Waals surface area (Å²) in [7, 11) is 0. The van der Waals surface area contributed by atoms with Crippen LogP contribution >= 0.6 is 0 Å². The SMILES string of the molecule is [CH2]C=CC(C)Oc1ccc(F)cc1. The third kappa shape index (κ3) is 3.28. The summed E-state index contributed by atoms with van der Waals surface area (Å²) < 4.78 is 17.9. The lowest BCUT2D eigenvalue weighted by Crippen LogP contribution is -2.07. The summed E-state index contributed by atoms with van der Waals surface area (Å²) in [6, 6.07) is 5.94. The van der Waals surface area contributed by atoms with Crippen LogP contribution in [0.15, 0.2) is 36.4 Å². The van der Waals surface area contributed by atoms with Gasteiger partial charge in [0.2, 0.25) is 0 Å². The second-order valence-corrected chi connectivity index (χ2v) is 2.71. The van der Waals surface area contributed by atoms with Crippen molar-refractivity contribution in [2.45, 2.75) is 13.0 Å². The molecule has 0 N–H and O–H groups in total. The molecule has 1 atom stereocenters. The van der Waals surface area contributed by atoms with E-state index in [1.807, 2.05) is 13.0 Å². The predicted octanol–water partition coefficient (Wildman–Crippen LogP) is 2.98. The molecule has 0 aliphatic rings. The second-order valence-electron chi connectivity index (χ2n) is 2.71. The highest BCUT2D eigenvalue weighted by Gasteiger charge is 1.98. The zero-order chi connectivity index (χ0) is 9.68. The van der Waals surface area contributed by atoms with Gasteiger partial charge in [-0.15, -0.1) is 0 Å². The van der Waals surface area contributed by atoms with Crippen molar-refractivity contribution in [3.05, 3.63) is 49.2 Å². The highest BCUT2D eigenvalue weighted by molar-refractivity contribution is 5.22.